The first-order chi connectivity index (χ1) is 10.7. The molecule has 2 aromatic carbocycles. The van der Waals surface area contributed by atoms with E-state index >= 15 is 0 Å². The summed E-state index contributed by atoms with van der Waals surface area (Å²) < 4.78 is 5.29. The zero-order chi connectivity index (χ0) is 15.5. The highest BCUT2D eigenvalue weighted by atomic mass is 35.5. The third-order valence-corrected chi connectivity index (χ3v) is 3.66. The average Bonchev–Trinajstić information content (AvgIpc) is 2.95. The highest BCUT2D eigenvalue weighted by molar-refractivity contribution is 7.80. The van der Waals surface area contributed by atoms with Crippen LogP contribution in [0, 0.1) is 0 Å². The molecule has 0 atom stereocenters. The van der Waals surface area contributed by atoms with Gasteiger partial charge >= 0.3 is 0 Å². The zero-order valence-corrected chi connectivity index (χ0v) is 13.4. The topological polar surface area (TPSA) is 49.1 Å². The van der Waals surface area contributed by atoms with Gasteiger partial charge < -0.3 is 20.4 Å². The lowest BCUT2D eigenvalue weighted by molar-refractivity contribution is 0.417. The Balaban J connectivity index is 1.76. The van der Waals surface area contributed by atoms with Crippen LogP contribution >= 0.6 is 23.8 Å². The van der Waals surface area contributed by atoms with Crippen molar-refractivity contribution in [3.63, 3.8) is 0 Å². The highest BCUT2D eigenvalue weighted by Gasteiger charge is 2.06. The van der Waals surface area contributed by atoms with Crippen molar-refractivity contribution in [1.82, 2.24) is 4.98 Å². The molecule has 6 heteroatoms. The normalized spacial score (nSPS) is 10.5. The van der Waals surface area contributed by atoms with E-state index < -0.39 is 0 Å². The number of thiocarbonyl (C=S) groups is 1. The minimum absolute atomic E-state index is 0.468. The standard InChI is InChI=1S/C16H14ClN3OS/c1-21-15-5-2-11(17)9-14(15)20-16(22)19-12-3-4-13-10(8-12)6-7-18-13/h2-9,18H,1H3,(H2,19,20,22). The number of hydrogen-bond acceptors (Lipinski definition) is 2. The van der Waals surface area contributed by atoms with Crippen LogP contribution in [0.15, 0.2) is 48.7 Å². The van der Waals surface area contributed by atoms with Crippen LogP contribution in [0.25, 0.3) is 10.9 Å². The van der Waals surface area contributed by atoms with E-state index in [-0.39, 0.29) is 0 Å². The summed E-state index contributed by atoms with van der Waals surface area (Å²) in [5.74, 6) is 0.676. The SMILES string of the molecule is COc1ccc(Cl)cc1NC(=S)Nc1ccc2[nH]ccc2c1. The van der Waals surface area contributed by atoms with Crippen molar-refractivity contribution in [2.24, 2.45) is 0 Å². The zero-order valence-electron chi connectivity index (χ0n) is 11.8. The van der Waals surface area contributed by atoms with Crippen molar-refractivity contribution in [3.05, 3.63) is 53.7 Å². The van der Waals surface area contributed by atoms with Gasteiger partial charge in [0, 0.05) is 27.8 Å². The predicted octanol–water partition coefficient (Wildman–Crippen LogP) is 4.64. The molecule has 3 aromatic rings. The van der Waals surface area contributed by atoms with Crippen LogP contribution in [0.3, 0.4) is 0 Å². The maximum atomic E-state index is 6.01. The first-order valence-corrected chi connectivity index (χ1v) is 7.43. The quantitative estimate of drug-likeness (QED) is 0.612. The summed E-state index contributed by atoms with van der Waals surface area (Å²) in [6.45, 7) is 0. The number of aromatic nitrogens is 1. The summed E-state index contributed by atoms with van der Waals surface area (Å²) in [4.78, 5) is 3.15. The lowest BCUT2D eigenvalue weighted by Gasteiger charge is -2.13. The van der Waals surface area contributed by atoms with Crippen molar-refractivity contribution >= 4 is 51.2 Å². The number of benzene rings is 2. The minimum atomic E-state index is 0.468. The van der Waals surface area contributed by atoms with Gasteiger partial charge in [-0.3, -0.25) is 0 Å². The molecule has 3 rings (SSSR count). The number of anilines is 2. The molecule has 22 heavy (non-hydrogen) atoms. The van der Waals surface area contributed by atoms with Crippen molar-refractivity contribution in [1.29, 1.82) is 0 Å². The molecule has 112 valence electrons. The first-order valence-electron chi connectivity index (χ1n) is 6.64. The first kappa shape index (κ1) is 14.7. The van der Waals surface area contributed by atoms with Crippen LogP contribution < -0.4 is 15.4 Å². The van der Waals surface area contributed by atoms with E-state index in [1.807, 2.05) is 30.5 Å². The third kappa shape index (κ3) is 3.16. The number of nitrogens with one attached hydrogen (secondary N) is 3. The summed E-state index contributed by atoms with van der Waals surface area (Å²) in [6.07, 6.45) is 1.90. The van der Waals surface area contributed by atoms with Crippen LogP contribution in [-0.2, 0) is 0 Å². The molecule has 0 saturated carbocycles. The fourth-order valence-corrected chi connectivity index (χ4v) is 2.59. The fourth-order valence-electron chi connectivity index (χ4n) is 2.19. The van der Waals surface area contributed by atoms with E-state index in [2.05, 4.69) is 15.6 Å². The summed E-state index contributed by atoms with van der Waals surface area (Å²) in [5, 5.41) is 8.44. The van der Waals surface area contributed by atoms with Crippen molar-refractivity contribution in [2.45, 2.75) is 0 Å². The minimum Gasteiger partial charge on any atom is -0.495 e. The molecule has 0 spiro atoms. The largest absolute Gasteiger partial charge is 0.495 e. The van der Waals surface area contributed by atoms with E-state index in [9.17, 15) is 0 Å². The summed E-state index contributed by atoms with van der Waals surface area (Å²) in [7, 11) is 1.60. The lowest BCUT2D eigenvalue weighted by Crippen LogP contribution is -2.19. The van der Waals surface area contributed by atoms with Gasteiger partial charge in [-0.1, -0.05) is 11.6 Å². The monoisotopic (exact) mass is 331 g/mol. The molecule has 0 fully saturated rings. The Hall–Kier alpha value is -2.24. The Morgan fingerprint density at radius 1 is 1.14 bits per heavy atom. The van der Waals surface area contributed by atoms with Crippen molar-refractivity contribution in [2.75, 3.05) is 17.7 Å². The fraction of sp³-hybridized carbons (Fsp3) is 0.0625. The van der Waals surface area contributed by atoms with E-state index in [4.69, 9.17) is 28.6 Å². The number of rotatable bonds is 3. The van der Waals surface area contributed by atoms with Gasteiger partial charge in [-0.15, -0.1) is 0 Å². The van der Waals surface area contributed by atoms with Crippen LogP contribution in [0.1, 0.15) is 0 Å². The summed E-state index contributed by atoms with van der Waals surface area (Å²) >= 11 is 11.3. The van der Waals surface area contributed by atoms with Gasteiger partial charge in [0.05, 0.1) is 12.8 Å². The Bertz CT molecular complexity index is 831. The maximum absolute atomic E-state index is 6.01. The molecule has 0 amide bonds. The molecule has 1 heterocycles. The highest BCUT2D eigenvalue weighted by Crippen LogP contribution is 2.28. The smallest absolute Gasteiger partial charge is 0.175 e. The Morgan fingerprint density at radius 2 is 2.00 bits per heavy atom. The van der Waals surface area contributed by atoms with Gasteiger partial charge in [0.25, 0.3) is 0 Å². The second-order valence-electron chi connectivity index (χ2n) is 4.70. The van der Waals surface area contributed by atoms with Crippen molar-refractivity contribution in [3.8, 4) is 5.75 Å². The summed E-state index contributed by atoms with van der Waals surface area (Å²) in [6, 6.07) is 13.3. The van der Waals surface area contributed by atoms with Gasteiger partial charge in [-0.2, -0.15) is 0 Å². The number of fused-ring (bicyclic) bond motifs is 1. The van der Waals surface area contributed by atoms with Gasteiger partial charge in [-0.25, -0.2) is 0 Å². The van der Waals surface area contributed by atoms with E-state index in [0.717, 1.165) is 22.3 Å². The number of hydrogen-bond donors (Lipinski definition) is 3. The van der Waals surface area contributed by atoms with Crippen LogP contribution in [0.2, 0.25) is 5.02 Å². The Kier molecular flexibility index (Phi) is 4.18. The number of ether oxygens (including phenoxy) is 1. The van der Waals surface area contributed by atoms with E-state index in [1.54, 1.807) is 25.3 Å². The molecule has 0 unspecified atom stereocenters. The molecule has 0 saturated heterocycles. The second-order valence-corrected chi connectivity index (χ2v) is 5.55. The van der Waals surface area contributed by atoms with Crippen LogP contribution in [0.5, 0.6) is 5.75 Å². The number of aromatic amines is 1. The maximum Gasteiger partial charge on any atom is 0.175 e. The molecule has 0 aliphatic heterocycles. The Labute approximate surface area is 138 Å². The molecular weight excluding hydrogens is 318 g/mol. The van der Waals surface area contributed by atoms with E-state index in [1.165, 1.54) is 0 Å². The molecule has 4 nitrogen and oxygen atoms in total. The molecule has 3 N–H and O–H groups in total. The number of halogens is 1. The number of H-pyrrole nitrogens is 1. The molecule has 0 aliphatic carbocycles. The Morgan fingerprint density at radius 3 is 2.82 bits per heavy atom. The van der Waals surface area contributed by atoms with E-state index in [0.29, 0.717) is 15.9 Å². The number of methoxy groups -OCH3 is 1. The van der Waals surface area contributed by atoms with Crippen molar-refractivity contribution < 1.29 is 4.74 Å². The van der Waals surface area contributed by atoms with Crippen LogP contribution in [-0.4, -0.2) is 17.2 Å². The molecule has 1 aromatic heterocycles. The molecule has 0 aliphatic rings. The molecular formula is C16H14ClN3OS. The average molecular weight is 332 g/mol. The predicted molar refractivity (Wildman–Crippen MR) is 96.1 cm³/mol. The summed E-state index contributed by atoms with van der Waals surface area (Å²) in [5.41, 5.74) is 2.71. The van der Waals surface area contributed by atoms with Gasteiger partial charge in [0.1, 0.15) is 5.75 Å². The second kappa shape index (κ2) is 6.25. The molecule has 0 radical (unpaired) electrons. The van der Waals surface area contributed by atoms with Gasteiger partial charge in [0.15, 0.2) is 5.11 Å². The van der Waals surface area contributed by atoms with Crippen LogP contribution in [0.4, 0.5) is 11.4 Å². The third-order valence-electron chi connectivity index (χ3n) is 3.22. The molecule has 0 bridgehead atoms. The van der Waals surface area contributed by atoms with Gasteiger partial charge in [0.2, 0.25) is 0 Å². The van der Waals surface area contributed by atoms with Gasteiger partial charge in [-0.05, 0) is 54.7 Å². The lowest BCUT2D eigenvalue weighted by atomic mass is 10.2.